The van der Waals surface area contributed by atoms with Gasteiger partial charge in [-0.1, -0.05) is 22.9 Å². The third-order valence-electron chi connectivity index (χ3n) is 3.13. The fourth-order valence-electron chi connectivity index (χ4n) is 1.96. The molecule has 21 heavy (non-hydrogen) atoms. The van der Waals surface area contributed by atoms with E-state index < -0.39 is 15.7 Å². The van der Waals surface area contributed by atoms with Gasteiger partial charge in [-0.25, -0.2) is 12.8 Å². The van der Waals surface area contributed by atoms with Crippen LogP contribution < -0.4 is 4.74 Å². The highest BCUT2D eigenvalue weighted by molar-refractivity contribution is 9.10. The predicted octanol–water partition coefficient (Wildman–Crippen LogP) is 4.06. The SMILES string of the molecule is CCS(=O)(=O)c1ccc(-c2cc(Br)ccc2F)c(OC)c1. The summed E-state index contributed by atoms with van der Waals surface area (Å²) in [6.45, 7) is 1.57. The maximum Gasteiger partial charge on any atom is 0.178 e. The van der Waals surface area contributed by atoms with Gasteiger partial charge in [-0.2, -0.15) is 0 Å². The van der Waals surface area contributed by atoms with Crippen molar-refractivity contribution in [2.45, 2.75) is 11.8 Å². The van der Waals surface area contributed by atoms with Crippen LogP contribution in [0.5, 0.6) is 5.75 Å². The molecule has 0 N–H and O–H groups in total. The summed E-state index contributed by atoms with van der Waals surface area (Å²) in [5.74, 6) is -0.0788. The molecule has 3 nitrogen and oxygen atoms in total. The van der Waals surface area contributed by atoms with E-state index in [1.54, 1.807) is 25.1 Å². The van der Waals surface area contributed by atoms with Crippen molar-refractivity contribution in [3.05, 3.63) is 46.7 Å². The van der Waals surface area contributed by atoms with Crippen LogP contribution in [0.4, 0.5) is 4.39 Å². The first-order valence-corrected chi connectivity index (χ1v) is 8.69. The Morgan fingerprint density at radius 3 is 2.48 bits per heavy atom. The number of benzene rings is 2. The highest BCUT2D eigenvalue weighted by Gasteiger charge is 2.17. The van der Waals surface area contributed by atoms with Crippen molar-refractivity contribution in [2.24, 2.45) is 0 Å². The number of rotatable bonds is 4. The molecule has 0 saturated heterocycles. The van der Waals surface area contributed by atoms with Gasteiger partial charge in [0.05, 0.1) is 17.8 Å². The van der Waals surface area contributed by atoms with E-state index in [4.69, 9.17) is 4.74 Å². The molecule has 0 fully saturated rings. The number of ether oxygens (including phenoxy) is 1. The minimum Gasteiger partial charge on any atom is -0.496 e. The lowest BCUT2D eigenvalue weighted by Crippen LogP contribution is -2.04. The first kappa shape index (κ1) is 16.0. The predicted molar refractivity (Wildman–Crippen MR) is 83.8 cm³/mol. The summed E-state index contributed by atoms with van der Waals surface area (Å²) < 4.78 is 43.7. The lowest BCUT2D eigenvalue weighted by Gasteiger charge is -2.12. The zero-order valence-corrected chi connectivity index (χ0v) is 14.0. The largest absolute Gasteiger partial charge is 0.496 e. The average Bonchev–Trinajstić information content (AvgIpc) is 2.49. The molecule has 0 heterocycles. The van der Waals surface area contributed by atoms with Gasteiger partial charge in [-0.05, 0) is 36.4 Å². The topological polar surface area (TPSA) is 43.4 Å². The zero-order chi connectivity index (χ0) is 15.6. The van der Waals surface area contributed by atoms with E-state index in [0.717, 1.165) is 4.47 Å². The molecule has 0 aliphatic carbocycles. The molecule has 0 unspecified atom stereocenters. The number of sulfone groups is 1. The van der Waals surface area contributed by atoms with Gasteiger partial charge in [0, 0.05) is 15.6 Å². The maximum absolute atomic E-state index is 14.0. The summed E-state index contributed by atoms with van der Waals surface area (Å²) >= 11 is 3.29. The van der Waals surface area contributed by atoms with Crippen LogP contribution in [0.1, 0.15) is 6.92 Å². The van der Waals surface area contributed by atoms with Crippen LogP contribution in [0.2, 0.25) is 0 Å². The zero-order valence-electron chi connectivity index (χ0n) is 11.6. The van der Waals surface area contributed by atoms with Crippen LogP contribution in [-0.2, 0) is 9.84 Å². The Balaban J connectivity index is 2.63. The van der Waals surface area contributed by atoms with Crippen molar-refractivity contribution in [2.75, 3.05) is 12.9 Å². The van der Waals surface area contributed by atoms with Crippen molar-refractivity contribution >= 4 is 25.8 Å². The van der Waals surface area contributed by atoms with Gasteiger partial charge in [-0.3, -0.25) is 0 Å². The summed E-state index contributed by atoms with van der Waals surface area (Å²) in [6.07, 6.45) is 0. The van der Waals surface area contributed by atoms with Gasteiger partial charge in [0.2, 0.25) is 0 Å². The van der Waals surface area contributed by atoms with Crippen LogP contribution in [0.25, 0.3) is 11.1 Å². The van der Waals surface area contributed by atoms with Crippen molar-refractivity contribution in [1.82, 2.24) is 0 Å². The van der Waals surface area contributed by atoms with Crippen LogP contribution in [0.3, 0.4) is 0 Å². The molecule has 2 rings (SSSR count). The smallest absolute Gasteiger partial charge is 0.178 e. The molecule has 0 saturated carbocycles. The van der Waals surface area contributed by atoms with E-state index in [2.05, 4.69) is 15.9 Å². The van der Waals surface area contributed by atoms with Gasteiger partial charge in [0.15, 0.2) is 9.84 Å². The monoisotopic (exact) mass is 372 g/mol. The Kier molecular flexibility index (Phi) is 4.68. The third-order valence-corrected chi connectivity index (χ3v) is 5.36. The number of hydrogen-bond donors (Lipinski definition) is 0. The van der Waals surface area contributed by atoms with Crippen LogP contribution in [0.15, 0.2) is 45.8 Å². The van der Waals surface area contributed by atoms with E-state index in [9.17, 15) is 12.8 Å². The molecule has 0 atom stereocenters. The molecule has 0 bridgehead atoms. The molecule has 2 aromatic rings. The number of hydrogen-bond acceptors (Lipinski definition) is 3. The number of methoxy groups -OCH3 is 1. The minimum atomic E-state index is -3.33. The summed E-state index contributed by atoms with van der Waals surface area (Å²) in [7, 11) is -1.90. The highest BCUT2D eigenvalue weighted by atomic mass is 79.9. The fourth-order valence-corrected chi connectivity index (χ4v) is 3.21. The molecule has 2 aromatic carbocycles. The molecule has 0 spiro atoms. The summed E-state index contributed by atoms with van der Waals surface area (Å²) in [6, 6.07) is 9.02. The van der Waals surface area contributed by atoms with Crippen molar-refractivity contribution in [3.8, 4) is 16.9 Å². The maximum atomic E-state index is 14.0. The fraction of sp³-hybridized carbons (Fsp3) is 0.200. The first-order valence-electron chi connectivity index (χ1n) is 6.25. The second-order valence-electron chi connectivity index (χ2n) is 4.39. The normalized spacial score (nSPS) is 11.4. The average molecular weight is 373 g/mol. The highest BCUT2D eigenvalue weighted by Crippen LogP contribution is 2.35. The van der Waals surface area contributed by atoms with E-state index in [1.165, 1.54) is 25.3 Å². The molecular weight excluding hydrogens is 359 g/mol. The Bertz CT molecular complexity index is 772. The summed E-state index contributed by atoms with van der Waals surface area (Å²) in [5, 5.41) is 0. The lowest BCUT2D eigenvalue weighted by molar-refractivity contribution is 0.415. The van der Waals surface area contributed by atoms with Gasteiger partial charge in [0.25, 0.3) is 0 Å². The van der Waals surface area contributed by atoms with Crippen LogP contribution in [-0.4, -0.2) is 21.3 Å². The number of halogens is 2. The second-order valence-corrected chi connectivity index (χ2v) is 7.58. The Labute approximate surface area is 131 Å². The molecule has 0 aliphatic heterocycles. The lowest BCUT2D eigenvalue weighted by atomic mass is 10.0. The van der Waals surface area contributed by atoms with Crippen molar-refractivity contribution < 1.29 is 17.5 Å². The van der Waals surface area contributed by atoms with Gasteiger partial charge in [0.1, 0.15) is 11.6 Å². The van der Waals surface area contributed by atoms with E-state index in [-0.39, 0.29) is 10.6 Å². The third kappa shape index (κ3) is 3.27. The molecule has 6 heteroatoms. The molecule has 0 aromatic heterocycles. The van der Waals surface area contributed by atoms with E-state index in [1.807, 2.05) is 0 Å². The standard InChI is InChI=1S/C15H14BrFO3S/c1-3-21(18,19)11-5-6-12(15(9-11)20-2)13-8-10(16)4-7-14(13)17/h4-9H,3H2,1-2H3. The van der Waals surface area contributed by atoms with Crippen LogP contribution >= 0.6 is 15.9 Å². The molecule has 0 aliphatic rings. The van der Waals surface area contributed by atoms with E-state index in [0.29, 0.717) is 16.9 Å². The van der Waals surface area contributed by atoms with Gasteiger partial charge < -0.3 is 4.74 Å². The Morgan fingerprint density at radius 1 is 1.14 bits per heavy atom. The van der Waals surface area contributed by atoms with Gasteiger partial charge >= 0.3 is 0 Å². The quantitative estimate of drug-likeness (QED) is 0.812. The first-order chi connectivity index (χ1) is 9.89. The molecule has 112 valence electrons. The van der Waals surface area contributed by atoms with Crippen molar-refractivity contribution in [3.63, 3.8) is 0 Å². The molecular formula is C15H14BrFO3S. The molecule has 0 radical (unpaired) electrons. The van der Waals surface area contributed by atoms with Crippen molar-refractivity contribution in [1.29, 1.82) is 0 Å². The van der Waals surface area contributed by atoms with Crippen LogP contribution in [0, 0.1) is 5.82 Å². The summed E-state index contributed by atoms with van der Waals surface area (Å²) in [5.41, 5.74) is 0.855. The minimum absolute atomic E-state index is 0.000741. The van der Waals surface area contributed by atoms with Gasteiger partial charge in [-0.15, -0.1) is 0 Å². The van der Waals surface area contributed by atoms with E-state index >= 15 is 0 Å². The second kappa shape index (κ2) is 6.15. The molecule has 0 amide bonds. The Hall–Kier alpha value is -1.40. The Morgan fingerprint density at radius 2 is 1.86 bits per heavy atom. The summed E-state index contributed by atoms with van der Waals surface area (Å²) in [4.78, 5) is 0.168.